The predicted octanol–water partition coefficient (Wildman–Crippen LogP) is 1.06. The van der Waals surface area contributed by atoms with Gasteiger partial charge in [-0.05, 0) is 43.5 Å². The lowest BCUT2D eigenvalue weighted by Crippen LogP contribution is -2.55. The molecule has 1 aromatic carbocycles. The van der Waals surface area contributed by atoms with E-state index in [-0.39, 0.29) is 29.4 Å². The van der Waals surface area contributed by atoms with Crippen LogP contribution in [0.15, 0.2) is 29.3 Å². The number of rotatable bonds is 3. The number of aliphatic hydroxyl groups excluding tert-OH is 2. The van der Waals surface area contributed by atoms with E-state index in [2.05, 4.69) is 10.3 Å². The van der Waals surface area contributed by atoms with Crippen LogP contribution in [0.1, 0.15) is 19.3 Å². The summed E-state index contributed by atoms with van der Waals surface area (Å²) in [5.41, 5.74) is 6.19. The van der Waals surface area contributed by atoms with Crippen molar-refractivity contribution >= 4 is 46.0 Å². The summed E-state index contributed by atoms with van der Waals surface area (Å²) in [4.78, 5) is 30.9. The lowest BCUT2D eigenvalue weighted by molar-refractivity contribution is -0.142. The molecule has 0 unspecified atom stereocenters. The predicted molar refractivity (Wildman–Crippen MR) is 116 cm³/mol. The molecular formula is C20H25ClN4O4S. The highest BCUT2D eigenvalue weighted by molar-refractivity contribution is 8.15. The fourth-order valence-electron chi connectivity index (χ4n) is 4.37. The molecule has 0 spiro atoms. The SMILES string of the molecule is NC(=O)C1CCN(C(=O)[C@H]2C[C@@H](O)[C@H](O)[C@@H]3N=C(Nc4ccc(Cl)cc4)S[C@@H]32)CC1. The Morgan fingerprint density at radius 2 is 1.87 bits per heavy atom. The maximum absolute atomic E-state index is 13.2. The van der Waals surface area contributed by atoms with Crippen LogP contribution in [0.5, 0.6) is 0 Å². The maximum atomic E-state index is 13.2. The Balaban J connectivity index is 1.46. The zero-order chi connectivity index (χ0) is 21.4. The molecular weight excluding hydrogens is 428 g/mol. The molecule has 1 aliphatic carbocycles. The Bertz CT molecular complexity index is 844. The molecule has 0 radical (unpaired) electrons. The first-order valence-electron chi connectivity index (χ1n) is 10.0. The van der Waals surface area contributed by atoms with Crippen LogP contribution in [0, 0.1) is 11.8 Å². The van der Waals surface area contributed by atoms with Crippen molar-refractivity contribution in [1.82, 2.24) is 4.90 Å². The van der Waals surface area contributed by atoms with Gasteiger partial charge in [-0.3, -0.25) is 14.6 Å². The van der Waals surface area contributed by atoms with E-state index in [1.54, 1.807) is 17.0 Å². The molecule has 0 aromatic heterocycles. The Morgan fingerprint density at radius 1 is 1.20 bits per heavy atom. The number of likely N-dealkylation sites (tertiary alicyclic amines) is 1. The van der Waals surface area contributed by atoms with Gasteiger partial charge in [-0.2, -0.15) is 0 Å². The third-order valence-corrected chi connectivity index (χ3v) is 7.67. The summed E-state index contributed by atoms with van der Waals surface area (Å²) in [5, 5.41) is 25.0. The topological polar surface area (TPSA) is 128 Å². The third-order valence-electron chi connectivity index (χ3n) is 6.11. The maximum Gasteiger partial charge on any atom is 0.227 e. The largest absolute Gasteiger partial charge is 0.390 e. The van der Waals surface area contributed by atoms with Gasteiger partial charge in [0.1, 0.15) is 6.10 Å². The van der Waals surface area contributed by atoms with E-state index in [1.165, 1.54) is 11.8 Å². The second-order valence-electron chi connectivity index (χ2n) is 8.04. The van der Waals surface area contributed by atoms with E-state index < -0.39 is 24.2 Å². The molecule has 30 heavy (non-hydrogen) atoms. The Morgan fingerprint density at radius 3 is 2.50 bits per heavy atom. The van der Waals surface area contributed by atoms with Gasteiger partial charge in [-0.15, -0.1) is 0 Å². The molecule has 1 aromatic rings. The smallest absolute Gasteiger partial charge is 0.227 e. The van der Waals surface area contributed by atoms with Crippen molar-refractivity contribution in [3.8, 4) is 0 Å². The number of piperidine rings is 1. The Kier molecular flexibility index (Phi) is 6.24. The molecule has 0 bridgehead atoms. The quantitative estimate of drug-likeness (QED) is 0.542. The van der Waals surface area contributed by atoms with Crippen molar-refractivity contribution < 1.29 is 19.8 Å². The standard InChI is InChI=1S/C20H25ClN4O4S/c21-11-1-3-12(4-2-11)23-20-24-15-16(27)14(26)9-13(17(15)30-20)19(29)25-7-5-10(6-8-25)18(22)28/h1-4,10,13-17,26-27H,5-9H2,(H2,22,28)(H,23,24)/t13-,14+,15-,16-,17+/m0/s1. The minimum absolute atomic E-state index is 0.0608. The number of fused-ring (bicyclic) bond motifs is 1. The Labute approximate surface area is 183 Å². The van der Waals surface area contributed by atoms with E-state index in [4.69, 9.17) is 17.3 Å². The Hall–Kier alpha value is -1.81. The van der Waals surface area contributed by atoms with Crippen molar-refractivity contribution in [2.24, 2.45) is 22.6 Å². The van der Waals surface area contributed by atoms with Crippen LogP contribution in [-0.2, 0) is 9.59 Å². The number of anilines is 1. The molecule has 5 N–H and O–H groups in total. The van der Waals surface area contributed by atoms with Crippen LogP contribution >= 0.6 is 23.4 Å². The number of nitrogens with zero attached hydrogens (tertiary/aromatic N) is 2. The average molecular weight is 453 g/mol. The number of hydrogen-bond acceptors (Lipinski definition) is 7. The van der Waals surface area contributed by atoms with Gasteiger partial charge in [-0.1, -0.05) is 23.4 Å². The second-order valence-corrected chi connectivity index (χ2v) is 9.64. The molecule has 5 atom stereocenters. The number of hydrogen-bond donors (Lipinski definition) is 4. The summed E-state index contributed by atoms with van der Waals surface area (Å²) >= 11 is 7.34. The average Bonchev–Trinajstić information content (AvgIpc) is 3.16. The van der Waals surface area contributed by atoms with Crippen LogP contribution < -0.4 is 11.1 Å². The van der Waals surface area contributed by atoms with Crippen molar-refractivity contribution in [3.05, 3.63) is 29.3 Å². The van der Waals surface area contributed by atoms with Crippen LogP contribution in [0.2, 0.25) is 5.02 Å². The van der Waals surface area contributed by atoms with Crippen molar-refractivity contribution in [2.45, 2.75) is 42.8 Å². The van der Waals surface area contributed by atoms with Crippen LogP contribution in [0.3, 0.4) is 0 Å². The molecule has 162 valence electrons. The van der Waals surface area contributed by atoms with Gasteiger partial charge in [0.15, 0.2) is 5.17 Å². The minimum atomic E-state index is -1.02. The molecule has 2 fully saturated rings. The molecule has 1 saturated heterocycles. The number of carbonyl (C=O) groups excluding carboxylic acids is 2. The highest BCUT2D eigenvalue weighted by Crippen LogP contribution is 2.42. The zero-order valence-electron chi connectivity index (χ0n) is 16.3. The first-order chi connectivity index (χ1) is 14.3. The van der Waals surface area contributed by atoms with Crippen LogP contribution in [-0.4, -0.2) is 68.7 Å². The minimum Gasteiger partial charge on any atom is -0.390 e. The number of primary amides is 1. The molecule has 4 rings (SSSR count). The first kappa shape index (κ1) is 21.4. The van der Waals surface area contributed by atoms with Gasteiger partial charge >= 0.3 is 0 Å². The monoisotopic (exact) mass is 452 g/mol. The number of amides is 2. The highest BCUT2D eigenvalue weighted by atomic mass is 35.5. The second kappa shape index (κ2) is 8.74. The number of nitrogens with one attached hydrogen (secondary N) is 1. The number of amidine groups is 1. The summed E-state index contributed by atoms with van der Waals surface area (Å²) in [5.74, 6) is -1.04. The number of aliphatic hydroxyl groups is 2. The van der Waals surface area contributed by atoms with Gasteiger partial charge in [-0.25, -0.2) is 0 Å². The van der Waals surface area contributed by atoms with Gasteiger partial charge in [0, 0.05) is 35.0 Å². The number of nitrogens with two attached hydrogens (primary N) is 1. The number of benzene rings is 1. The number of carbonyl (C=O) groups is 2. The van der Waals surface area contributed by atoms with Crippen molar-refractivity contribution in [2.75, 3.05) is 18.4 Å². The summed E-state index contributed by atoms with van der Waals surface area (Å²) in [6.07, 6.45) is -0.729. The van der Waals surface area contributed by atoms with Crippen LogP contribution in [0.25, 0.3) is 0 Å². The normalized spacial score (nSPS) is 31.8. The first-order valence-corrected chi connectivity index (χ1v) is 11.3. The summed E-state index contributed by atoms with van der Waals surface area (Å²) in [6.45, 7) is 0.945. The highest BCUT2D eigenvalue weighted by Gasteiger charge is 2.51. The fourth-order valence-corrected chi connectivity index (χ4v) is 5.86. The van der Waals surface area contributed by atoms with Gasteiger partial charge in [0.25, 0.3) is 0 Å². The van der Waals surface area contributed by atoms with E-state index >= 15 is 0 Å². The van der Waals surface area contributed by atoms with Crippen molar-refractivity contribution in [3.63, 3.8) is 0 Å². The molecule has 1 saturated carbocycles. The van der Waals surface area contributed by atoms with E-state index in [0.717, 1.165) is 5.69 Å². The molecule has 2 heterocycles. The molecule has 2 amide bonds. The molecule has 2 aliphatic heterocycles. The lowest BCUT2D eigenvalue weighted by atomic mass is 9.80. The van der Waals surface area contributed by atoms with E-state index in [9.17, 15) is 19.8 Å². The lowest BCUT2D eigenvalue weighted by Gasteiger charge is -2.40. The van der Waals surface area contributed by atoms with Gasteiger partial charge < -0.3 is 26.2 Å². The van der Waals surface area contributed by atoms with Gasteiger partial charge in [0.2, 0.25) is 11.8 Å². The van der Waals surface area contributed by atoms with E-state index in [1.807, 2.05) is 12.1 Å². The van der Waals surface area contributed by atoms with Crippen LogP contribution in [0.4, 0.5) is 5.69 Å². The molecule has 3 aliphatic rings. The number of thioether (sulfide) groups is 1. The molecule has 10 heteroatoms. The fraction of sp³-hybridized carbons (Fsp3) is 0.550. The summed E-state index contributed by atoms with van der Waals surface area (Å²) < 4.78 is 0. The van der Waals surface area contributed by atoms with Crippen molar-refractivity contribution in [1.29, 1.82) is 0 Å². The third kappa shape index (κ3) is 4.30. The van der Waals surface area contributed by atoms with Gasteiger partial charge in [0.05, 0.1) is 18.1 Å². The summed E-state index contributed by atoms with van der Waals surface area (Å²) in [6, 6.07) is 6.61. The summed E-state index contributed by atoms with van der Waals surface area (Å²) in [7, 11) is 0. The van der Waals surface area contributed by atoms with E-state index in [0.29, 0.717) is 36.1 Å². The number of halogens is 1. The number of aliphatic imine (C=N–C) groups is 1. The zero-order valence-corrected chi connectivity index (χ0v) is 17.9. The molecule has 8 nitrogen and oxygen atoms in total.